The molecule has 2 rings (SSSR count). The Morgan fingerprint density at radius 2 is 1.90 bits per heavy atom. The van der Waals surface area contributed by atoms with Crippen LogP contribution in [0.25, 0.3) is 10.8 Å². The summed E-state index contributed by atoms with van der Waals surface area (Å²) in [6.07, 6.45) is 1.34. The van der Waals surface area contributed by atoms with Crippen molar-refractivity contribution in [1.29, 1.82) is 0 Å². The number of nitrogens with two attached hydrogens (primary N) is 3. The highest BCUT2D eigenvalue weighted by Crippen LogP contribution is 2.31. The summed E-state index contributed by atoms with van der Waals surface area (Å²) < 4.78 is 25.0. The number of aromatic nitrogens is 1. The quantitative estimate of drug-likeness (QED) is 0.290. The van der Waals surface area contributed by atoms with Gasteiger partial charge in [-0.1, -0.05) is 38.4 Å². The van der Waals surface area contributed by atoms with Gasteiger partial charge in [-0.15, -0.1) is 12.4 Å². The largest absolute Gasteiger partial charge is 0.370 e. The molecular formula is C16H22Cl2N6O4S. The summed E-state index contributed by atoms with van der Waals surface area (Å²) in [6, 6.07) is 2.98. The van der Waals surface area contributed by atoms with Crippen LogP contribution in [-0.2, 0) is 19.7 Å². The van der Waals surface area contributed by atoms with Gasteiger partial charge in [0, 0.05) is 17.0 Å². The second-order valence-electron chi connectivity index (χ2n) is 7.03. The van der Waals surface area contributed by atoms with Crippen molar-refractivity contribution >= 4 is 62.6 Å². The number of aliphatic imine (C=N–C) groups is 1. The number of rotatable bonds is 5. The van der Waals surface area contributed by atoms with E-state index in [1.165, 1.54) is 24.4 Å². The van der Waals surface area contributed by atoms with Gasteiger partial charge in [0.1, 0.15) is 6.04 Å². The number of pyridine rings is 1. The molecule has 29 heavy (non-hydrogen) atoms. The summed E-state index contributed by atoms with van der Waals surface area (Å²) in [6.45, 7) is 5.16. The Morgan fingerprint density at radius 1 is 1.28 bits per heavy atom. The first-order chi connectivity index (χ1) is 12.8. The van der Waals surface area contributed by atoms with Crippen molar-refractivity contribution in [3.8, 4) is 0 Å². The lowest BCUT2D eigenvalue weighted by molar-refractivity contribution is -0.151. The van der Waals surface area contributed by atoms with Crippen LogP contribution in [0.2, 0.25) is 5.02 Å². The van der Waals surface area contributed by atoms with Crippen molar-refractivity contribution in [2.75, 3.05) is 0 Å². The smallest absolute Gasteiger partial charge is 0.343 e. The molecule has 1 aromatic heterocycles. The van der Waals surface area contributed by atoms with E-state index in [1.807, 2.05) is 0 Å². The lowest BCUT2D eigenvalue weighted by atomic mass is 9.88. The highest BCUT2D eigenvalue weighted by atomic mass is 35.5. The second-order valence-corrected chi connectivity index (χ2v) is 9.08. The fraction of sp³-hybridized carbons (Fsp3) is 0.312. The molecule has 0 bridgehead atoms. The van der Waals surface area contributed by atoms with Gasteiger partial charge in [-0.05, 0) is 22.4 Å². The molecule has 160 valence electrons. The maximum atomic E-state index is 12.5. The number of hydrogen-bond acceptors (Lipinski definition) is 7. The van der Waals surface area contributed by atoms with Gasteiger partial charge < -0.3 is 22.0 Å². The normalized spacial score (nSPS) is 12.7. The number of fused-ring (bicyclic) bond motifs is 1. The third kappa shape index (κ3) is 5.90. The van der Waals surface area contributed by atoms with Crippen LogP contribution >= 0.6 is 24.0 Å². The molecule has 0 fully saturated rings. The summed E-state index contributed by atoms with van der Waals surface area (Å²) in [7, 11) is -4.21. The number of carbonyl (C=O) groups excluding carboxylic acids is 1. The average Bonchev–Trinajstić information content (AvgIpc) is 2.60. The Hall–Kier alpha value is -2.18. The van der Waals surface area contributed by atoms with Gasteiger partial charge in [0.25, 0.3) is 10.0 Å². The Kier molecular flexibility index (Phi) is 7.80. The predicted octanol–water partition coefficient (Wildman–Crippen LogP) is 1.32. The molecule has 2 aromatic rings. The minimum absolute atomic E-state index is 0. The summed E-state index contributed by atoms with van der Waals surface area (Å²) in [5, 5.41) is 1.06. The molecule has 0 aliphatic rings. The summed E-state index contributed by atoms with van der Waals surface area (Å²) in [4.78, 5) is 26.0. The maximum Gasteiger partial charge on any atom is 0.343 e. The van der Waals surface area contributed by atoms with Crippen molar-refractivity contribution in [3.05, 3.63) is 29.4 Å². The number of halogens is 2. The molecule has 0 aliphatic carbocycles. The van der Waals surface area contributed by atoms with E-state index >= 15 is 0 Å². The Bertz CT molecular complexity index is 1050. The van der Waals surface area contributed by atoms with Gasteiger partial charge >= 0.3 is 5.97 Å². The van der Waals surface area contributed by atoms with E-state index < -0.39 is 27.4 Å². The fourth-order valence-electron chi connectivity index (χ4n) is 2.11. The zero-order valence-electron chi connectivity index (χ0n) is 15.8. The molecule has 1 heterocycles. The first-order valence-corrected chi connectivity index (χ1v) is 9.85. The first kappa shape index (κ1) is 24.9. The van der Waals surface area contributed by atoms with Crippen molar-refractivity contribution in [3.63, 3.8) is 0 Å². The van der Waals surface area contributed by atoms with E-state index in [9.17, 15) is 13.2 Å². The Morgan fingerprint density at radius 3 is 2.45 bits per heavy atom. The summed E-state index contributed by atoms with van der Waals surface area (Å²) in [5.41, 5.74) is 15.9. The molecule has 7 N–H and O–H groups in total. The number of nitrogens with zero attached hydrogens (tertiary/aromatic N) is 2. The third-order valence-electron chi connectivity index (χ3n) is 3.77. The third-order valence-corrected chi connectivity index (χ3v) is 5.25. The van der Waals surface area contributed by atoms with Crippen molar-refractivity contribution in [2.24, 2.45) is 27.6 Å². The predicted molar refractivity (Wildman–Crippen MR) is 113 cm³/mol. The van der Waals surface area contributed by atoms with Gasteiger partial charge in [0.05, 0.1) is 9.92 Å². The van der Waals surface area contributed by atoms with Gasteiger partial charge in [0.2, 0.25) is 0 Å². The van der Waals surface area contributed by atoms with Crippen molar-refractivity contribution in [2.45, 2.75) is 31.7 Å². The number of guanidine groups is 1. The number of nitrogens with one attached hydrogen (secondary N) is 1. The first-order valence-electron chi connectivity index (χ1n) is 7.99. The molecule has 1 atom stereocenters. The van der Waals surface area contributed by atoms with E-state index in [1.54, 1.807) is 25.7 Å². The van der Waals surface area contributed by atoms with Crippen LogP contribution < -0.4 is 22.1 Å². The lowest BCUT2D eigenvalue weighted by Gasteiger charge is -2.24. The van der Waals surface area contributed by atoms with Crippen LogP contribution in [0.4, 0.5) is 5.82 Å². The van der Waals surface area contributed by atoms with Crippen LogP contribution in [0.1, 0.15) is 20.8 Å². The Balaban J connectivity index is 0.00000420. The number of sulfonamides is 1. The maximum absolute atomic E-state index is 12.5. The molecular weight excluding hydrogens is 443 g/mol. The van der Waals surface area contributed by atoms with Crippen LogP contribution in [0.15, 0.2) is 34.3 Å². The van der Waals surface area contributed by atoms with Crippen LogP contribution in [-0.4, -0.2) is 31.4 Å². The number of benzene rings is 1. The van der Waals surface area contributed by atoms with Crippen LogP contribution in [0.3, 0.4) is 0 Å². The minimum Gasteiger partial charge on any atom is -0.370 e. The van der Waals surface area contributed by atoms with Crippen molar-refractivity contribution < 1.29 is 18.0 Å². The zero-order chi connectivity index (χ0) is 21.3. The molecule has 0 unspecified atom stereocenters. The molecule has 1 aromatic carbocycles. The fourth-order valence-corrected chi connectivity index (χ4v) is 3.13. The molecule has 0 radical (unpaired) electrons. The van der Waals surface area contributed by atoms with Gasteiger partial charge in [-0.3, -0.25) is 0 Å². The molecule has 13 heteroatoms. The number of hydrogen-bond donors (Lipinski definition) is 4. The topological polar surface area (TPSA) is 176 Å². The highest BCUT2D eigenvalue weighted by molar-refractivity contribution is 7.89. The minimum atomic E-state index is -4.21. The lowest BCUT2D eigenvalue weighted by Crippen LogP contribution is -2.45. The molecule has 0 amide bonds. The SMILES string of the molecule is CC(C)(C)[C@H](N)C(=O)ONS(=O)(=O)c1ccc2c(Cl)cnc(N=C(N)N)c2c1.Cl. The van der Waals surface area contributed by atoms with E-state index in [4.69, 9.17) is 28.8 Å². The van der Waals surface area contributed by atoms with Crippen LogP contribution in [0, 0.1) is 5.41 Å². The Labute approximate surface area is 179 Å². The highest BCUT2D eigenvalue weighted by Gasteiger charge is 2.30. The molecule has 0 saturated heterocycles. The van der Waals surface area contributed by atoms with Gasteiger partial charge in [-0.25, -0.2) is 18.2 Å². The molecule has 0 spiro atoms. The van der Waals surface area contributed by atoms with Crippen molar-refractivity contribution in [1.82, 2.24) is 9.87 Å². The van der Waals surface area contributed by atoms with Crippen LogP contribution in [0.5, 0.6) is 0 Å². The average molecular weight is 465 g/mol. The molecule has 0 aliphatic heterocycles. The van der Waals surface area contributed by atoms with E-state index in [0.29, 0.717) is 10.8 Å². The summed E-state index contributed by atoms with van der Waals surface area (Å²) in [5.74, 6) is -1.08. The second kappa shape index (κ2) is 9.09. The van der Waals surface area contributed by atoms with E-state index in [-0.39, 0.29) is 34.1 Å². The molecule has 0 saturated carbocycles. The zero-order valence-corrected chi connectivity index (χ0v) is 18.2. The van der Waals surface area contributed by atoms with Gasteiger partial charge in [-0.2, -0.15) is 4.99 Å². The van der Waals surface area contributed by atoms with E-state index in [2.05, 4.69) is 14.8 Å². The standard InChI is InChI=1S/C16H21ClN6O4S.ClH/c1-16(2,3)12(18)14(24)27-23-28(25,26)8-4-5-9-10(6-8)13(22-15(19)20)21-7-11(9)17;/h4-7,12,23H,18H2,1-3H3,(H4,19,20,21,22);1H/t12-;/m1./s1. The number of carbonyl (C=O) groups is 1. The monoisotopic (exact) mass is 464 g/mol. The summed E-state index contributed by atoms with van der Waals surface area (Å²) >= 11 is 6.09. The van der Waals surface area contributed by atoms with E-state index in [0.717, 1.165) is 0 Å². The molecule has 10 nitrogen and oxygen atoms in total. The van der Waals surface area contributed by atoms with Gasteiger partial charge in [0.15, 0.2) is 11.8 Å².